The van der Waals surface area contributed by atoms with Crippen LogP contribution in [0.1, 0.15) is 39.2 Å². The second kappa shape index (κ2) is 10.3. The Labute approximate surface area is 187 Å². The van der Waals surface area contributed by atoms with Crippen LogP contribution in [0.2, 0.25) is 5.02 Å². The summed E-state index contributed by atoms with van der Waals surface area (Å²) in [7, 11) is -3.42. The van der Waals surface area contributed by atoms with E-state index < -0.39 is 15.1 Å². The van der Waals surface area contributed by atoms with Gasteiger partial charge in [0.25, 0.3) is 5.91 Å². The number of benzene rings is 2. The number of hydrogen-bond donors (Lipinski definition) is 1. The Kier molecular flexibility index (Phi) is 7.45. The van der Waals surface area contributed by atoms with Gasteiger partial charge < -0.3 is 0 Å². The lowest BCUT2D eigenvalue weighted by Gasteiger charge is -2.19. The third-order valence-electron chi connectivity index (χ3n) is 4.71. The van der Waals surface area contributed by atoms with Crippen molar-refractivity contribution in [2.45, 2.75) is 18.6 Å². The minimum Gasteiger partial charge on any atom is -0.281 e. The molecule has 0 saturated heterocycles. The van der Waals surface area contributed by atoms with Crippen LogP contribution in [-0.4, -0.2) is 25.1 Å². The van der Waals surface area contributed by atoms with Crippen molar-refractivity contribution in [1.29, 1.82) is 0 Å². The van der Waals surface area contributed by atoms with Crippen molar-refractivity contribution in [2.75, 3.05) is 5.75 Å². The number of pyridine rings is 1. The molecule has 7 heteroatoms. The second-order valence-electron chi connectivity index (χ2n) is 6.77. The molecule has 0 fully saturated rings. The fourth-order valence-corrected chi connectivity index (χ4v) is 4.97. The average molecular weight is 453 g/mol. The average Bonchev–Trinajstić information content (AvgIpc) is 2.79. The molecule has 3 rings (SSSR count). The third kappa shape index (κ3) is 5.72. The van der Waals surface area contributed by atoms with Crippen LogP contribution in [0.15, 0.2) is 73.1 Å². The summed E-state index contributed by atoms with van der Waals surface area (Å²) in [4.78, 5) is 15.8. The summed E-state index contributed by atoms with van der Waals surface area (Å²) in [5.41, 5.74) is 2.51. The Morgan fingerprint density at radius 2 is 1.81 bits per heavy atom. The standard InChI is InChI=1S/C24H21ClN2O3S/c1-2-31(29,30)23(19-8-4-3-5-9-19)21-11-10-18(17-22(21)25)7-6-14-27-24(28)20-12-15-26-16-13-20/h3-5,8-13,15-17,23H,2,7H2,1H3,(H,27,28). The van der Waals surface area contributed by atoms with Gasteiger partial charge in [-0.15, -0.1) is 0 Å². The van der Waals surface area contributed by atoms with Gasteiger partial charge in [0.05, 0.1) is 0 Å². The van der Waals surface area contributed by atoms with Gasteiger partial charge in [-0.2, -0.15) is 0 Å². The fraction of sp³-hybridized carbons (Fsp3) is 0.167. The number of halogens is 1. The van der Waals surface area contributed by atoms with Gasteiger partial charge in [-0.1, -0.05) is 66.9 Å². The fourth-order valence-electron chi connectivity index (χ4n) is 3.09. The molecule has 31 heavy (non-hydrogen) atoms. The van der Waals surface area contributed by atoms with Crippen molar-refractivity contribution in [2.24, 2.45) is 0 Å². The number of hydrogen-bond acceptors (Lipinski definition) is 4. The Morgan fingerprint density at radius 1 is 1.10 bits per heavy atom. The maximum Gasteiger partial charge on any atom is 0.262 e. The molecule has 1 heterocycles. The monoisotopic (exact) mass is 452 g/mol. The molecule has 1 unspecified atom stereocenters. The van der Waals surface area contributed by atoms with E-state index >= 15 is 0 Å². The van der Waals surface area contributed by atoms with E-state index in [0.29, 0.717) is 28.1 Å². The number of rotatable bonds is 6. The molecule has 3 aromatic rings. The SMILES string of the molecule is CCS(=O)(=O)C(c1ccccc1)c1ccc(CC#CNC(=O)c2ccncc2)cc1Cl. The van der Waals surface area contributed by atoms with Gasteiger partial charge >= 0.3 is 0 Å². The molecule has 158 valence electrons. The van der Waals surface area contributed by atoms with Gasteiger partial charge in [-0.3, -0.25) is 15.1 Å². The predicted octanol–water partition coefficient (Wildman–Crippen LogP) is 4.19. The van der Waals surface area contributed by atoms with E-state index in [4.69, 9.17) is 11.6 Å². The Balaban J connectivity index is 1.77. The number of carbonyl (C=O) groups excluding carboxylic acids is 1. The van der Waals surface area contributed by atoms with Crippen molar-refractivity contribution in [3.05, 3.63) is 100 Å². The van der Waals surface area contributed by atoms with Crippen LogP contribution in [-0.2, 0) is 16.3 Å². The van der Waals surface area contributed by atoms with Crippen molar-refractivity contribution >= 4 is 27.3 Å². The molecule has 0 bridgehead atoms. The number of nitrogens with zero attached hydrogens (tertiary/aromatic N) is 1. The van der Waals surface area contributed by atoms with Crippen LogP contribution in [0.3, 0.4) is 0 Å². The van der Waals surface area contributed by atoms with Crippen LogP contribution in [0.4, 0.5) is 0 Å². The molecule has 1 amide bonds. The van der Waals surface area contributed by atoms with Gasteiger partial charge in [0.15, 0.2) is 9.84 Å². The number of sulfone groups is 1. The number of amides is 1. The van der Waals surface area contributed by atoms with Gasteiger partial charge in [0, 0.05) is 41.2 Å². The zero-order valence-electron chi connectivity index (χ0n) is 16.9. The van der Waals surface area contributed by atoms with E-state index in [2.05, 4.69) is 22.3 Å². The summed E-state index contributed by atoms with van der Waals surface area (Å²) in [6.45, 7) is 1.63. The van der Waals surface area contributed by atoms with Crippen molar-refractivity contribution in [1.82, 2.24) is 10.3 Å². The lowest BCUT2D eigenvalue weighted by Crippen LogP contribution is -2.17. The maximum atomic E-state index is 12.8. The van der Waals surface area contributed by atoms with Gasteiger partial charge in [0.2, 0.25) is 0 Å². The summed E-state index contributed by atoms with van der Waals surface area (Å²) in [6, 6.07) is 20.1. The smallest absolute Gasteiger partial charge is 0.262 e. The molecule has 0 spiro atoms. The van der Waals surface area contributed by atoms with E-state index in [1.807, 2.05) is 24.3 Å². The highest BCUT2D eigenvalue weighted by Crippen LogP contribution is 2.35. The lowest BCUT2D eigenvalue weighted by atomic mass is 10.0. The van der Waals surface area contributed by atoms with E-state index in [9.17, 15) is 13.2 Å². The Bertz CT molecular complexity index is 1220. The molecule has 0 radical (unpaired) electrons. The molecule has 1 N–H and O–H groups in total. The Hall–Kier alpha value is -3.14. The summed E-state index contributed by atoms with van der Waals surface area (Å²) >= 11 is 6.49. The number of aromatic nitrogens is 1. The predicted molar refractivity (Wildman–Crippen MR) is 122 cm³/mol. The van der Waals surface area contributed by atoms with Crippen LogP contribution in [0.5, 0.6) is 0 Å². The topological polar surface area (TPSA) is 76.1 Å². The first-order valence-corrected chi connectivity index (χ1v) is 11.7. The van der Waals surface area contributed by atoms with E-state index in [0.717, 1.165) is 5.56 Å². The van der Waals surface area contributed by atoms with Gasteiger partial charge in [-0.25, -0.2) is 8.42 Å². The summed E-state index contributed by atoms with van der Waals surface area (Å²) in [5.74, 6) is 2.58. The van der Waals surface area contributed by atoms with Crippen LogP contribution in [0.25, 0.3) is 0 Å². The molecule has 0 aliphatic carbocycles. The highest BCUT2D eigenvalue weighted by molar-refractivity contribution is 7.91. The molecule has 0 aliphatic heterocycles. The highest BCUT2D eigenvalue weighted by atomic mass is 35.5. The van der Waals surface area contributed by atoms with E-state index in [-0.39, 0.29) is 11.7 Å². The summed E-state index contributed by atoms with van der Waals surface area (Å²) < 4.78 is 25.6. The van der Waals surface area contributed by atoms with Crippen molar-refractivity contribution < 1.29 is 13.2 Å². The minimum absolute atomic E-state index is 0.00723. The zero-order chi connectivity index (χ0) is 22.3. The largest absolute Gasteiger partial charge is 0.281 e. The molecule has 1 atom stereocenters. The lowest BCUT2D eigenvalue weighted by molar-refractivity contribution is 0.0973. The van der Waals surface area contributed by atoms with E-state index in [1.54, 1.807) is 43.3 Å². The van der Waals surface area contributed by atoms with Crippen molar-refractivity contribution in [3.8, 4) is 12.0 Å². The third-order valence-corrected chi connectivity index (χ3v) is 7.09. The molecule has 2 aromatic carbocycles. The Morgan fingerprint density at radius 3 is 2.45 bits per heavy atom. The molecule has 0 saturated carbocycles. The first kappa shape index (κ1) is 22.5. The van der Waals surface area contributed by atoms with Gasteiger partial charge in [0.1, 0.15) is 5.25 Å². The molecular weight excluding hydrogens is 432 g/mol. The zero-order valence-corrected chi connectivity index (χ0v) is 18.5. The second-order valence-corrected chi connectivity index (χ2v) is 9.55. The van der Waals surface area contributed by atoms with Crippen molar-refractivity contribution in [3.63, 3.8) is 0 Å². The number of carbonyl (C=O) groups is 1. The summed E-state index contributed by atoms with van der Waals surface area (Å²) in [5, 5.41) is 2.06. The van der Waals surface area contributed by atoms with Crippen LogP contribution < -0.4 is 5.32 Å². The minimum atomic E-state index is -3.42. The first-order valence-electron chi connectivity index (χ1n) is 9.65. The summed E-state index contributed by atoms with van der Waals surface area (Å²) in [6.07, 6.45) is 3.42. The molecular formula is C24H21ClN2O3S. The molecule has 0 aliphatic rings. The molecule has 1 aromatic heterocycles. The molecule has 5 nitrogen and oxygen atoms in total. The van der Waals surface area contributed by atoms with E-state index in [1.165, 1.54) is 12.4 Å². The normalized spacial score (nSPS) is 11.8. The quantitative estimate of drug-likeness (QED) is 0.449. The van der Waals surface area contributed by atoms with Gasteiger partial charge in [-0.05, 0) is 34.9 Å². The van der Waals surface area contributed by atoms with Crippen LogP contribution >= 0.6 is 11.6 Å². The number of nitrogens with one attached hydrogen (secondary N) is 1. The highest BCUT2D eigenvalue weighted by Gasteiger charge is 2.29. The van der Waals surface area contributed by atoms with Crippen LogP contribution in [0, 0.1) is 12.0 Å². The first-order chi connectivity index (χ1) is 14.9. The maximum absolute atomic E-state index is 12.8.